The standard InChI is InChI=1S/C15H16ClFN2O2/c16-11-5-4-10(9-12(11)17)18-8-6-14(20)19-7-2-1-3-13(19)15(18)21/h4-5,9,13H,1-3,6-8H2. The molecule has 0 bridgehead atoms. The van der Waals surface area contributed by atoms with E-state index in [0.29, 0.717) is 18.7 Å². The van der Waals surface area contributed by atoms with Crippen LogP contribution >= 0.6 is 11.6 Å². The van der Waals surface area contributed by atoms with Crippen LogP contribution in [-0.4, -0.2) is 35.8 Å². The topological polar surface area (TPSA) is 40.6 Å². The highest BCUT2D eigenvalue weighted by atomic mass is 35.5. The largest absolute Gasteiger partial charge is 0.331 e. The normalized spacial score (nSPS) is 23.0. The lowest BCUT2D eigenvalue weighted by molar-refractivity contribution is -0.138. The highest BCUT2D eigenvalue weighted by Gasteiger charge is 2.38. The first-order chi connectivity index (χ1) is 10.1. The molecule has 2 heterocycles. The molecular weight excluding hydrogens is 295 g/mol. The van der Waals surface area contributed by atoms with Gasteiger partial charge in [0.2, 0.25) is 11.8 Å². The Morgan fingerprint density at radius 2 is 2.00 bits per heavy atom. The minimum Gasteiger partial charge on any atom is -0.331 e. The molecule has 0 saturated carbocycles. The van der Waals surface area contributed by atoms with Crippen molar-refractivity contribution in [3.05, 3.63) is 29.0 Å². The molecule has 21 heavy (non-hydrogen) atoms. The Hall–Kier alpha value is -1.62. The van der Waals surface area contributed by atoms with Gasteiger partial charge in [0, 0.05) is 25.2 Å². The molecule has 0 spiro atoms. The van der Waals surface area contributed by atoms with Crippen molar-refractivity contribution in [2.75, 3.05) is 18.0 Å². The summed E-state index contributed by atoms with van der Waals surface area (Å²) < 4.78 is 13.6. The Morgan fingerprint density at radius 3 is 2.76 bits per heavy atom. The van der Waals surface area contributed by atoms with E-state index < -0.39 is 11.9 Å². The first kappa shape index (κ1) is 14.3. The Labute approximate surface area is 127 Å². The lowest BCUT2D eigenvalue weighted by Gasteiger charge is -2.34. The highest BCUT2D eigenvalue weighted by Crippen LogP contribution is 2.28. The third-order valence-electron chi connectivity index (χ3n) is 4.14. The number of benzene rings is 1. The molecule has 0 N–H and O–H groups in total. The predicted molar refractivity (Wildman–Crippen MR) is 77.7 cm³/mol. The fraction of sp³-hybridized carbons (Fsp3) is 0.467. The second-order valence-electron chi connectivity index (χ2n) is 5.44. The van der Waals surface area contributed by atoms with Crippen molar-refractivity contribution in [2.24, 2.45) is 0 Å². The number of halogens is 2. The van der Waals surface area contributed by atoms with Gasteiger partial charge in [-0.2, -0.15) is 0 Å². The summed E-state index contributed by atoms with van der Waals surface area (Å²) in [6.07, 6.45) is 2.82. The van der Waals surface area contributed by atoms with Gasteiger partial charge in [0.1, 0.15) is 11.9 Å². The fourth-order valence-electron chi connectivity index (χ4n) is 3.04. The van der Waals surface area contributed by atoms with Crippen LogP contribution in [0.15, 0.2) is 18.2 Å². The van der Waals surface area contributed by atoms with Crippen LogP contribution in [0.25, 0.3) is 0 Å². The van der Waals surface area contributed by atoms with Gasteiger partial charge in [0.15, 0.2) is 0 Å². The zero-order valence-electron chi connectivity index (χ0n) is 11.5. The summed E-state index contributed by atoms with van der Waals surface area (Å²) in [7, 11) is 0. The molecule has 1 atom stereocenters. The minimum absolute atomic E-state index is 0.00462. The van der Waals surface area contributed by atoms with E-state index in [1.54, 1.807) is 11.0 Å². The summed E-state index contributed by atoms with van der Waals surface area (Å²) in [5.41, 5.74) is 0.460. The summed E-state index contributed by atoms with van der Waals surface area (Å²) in [4.78, 5) is 28.0. The van der Waals surface area contributed by atoms with Crippen molar-refractivity contribution >= 4 is 29.1 Å². The van der Waals surface area contributed by atoms with Crippen LogP contribution in [0.4, 0.5) is 10.1 Å². The number of anilines is 1. The summed E-state index contributed by atoms with van der Waals surface area (Å²) in [5.74, 6) is -0.676. The average molecular weight is 311 g/mol. The number of hydrogen-bond acceptors (Lipinski definition) is 2. The summed E-state index contributed by atoms with van der Waals surface area (Å²) >= 11 is 5.68. The van der Waals surface area contributed by atoms with Crippen LogP contribution in [0, 0.1) is 5.82 Å². The molecule has 1 aromatic rings. The highest BCUT2D eigenvalue weighted by molar-refractivity contribution is 6.30. The predicted octanol–water partition coefficient (Wildman–Crippen LogP) is 2.60. The van der Waals surface area contributed by atoms with Crippen molar-refractivity contribution in [1.29, 1.82) is 0 Å². The van der Waals surface area contributed by atoms with E-state index in [1.807, 2.05) is 0 Å². The van der Waals surface area contributed by atoms with Crippen molar-refractivity contribution in [3.8, 4) is 0 Å². The number of nitrogens with zero attached hydrogens (tertiary/aromatic N) is 2. The SMILES string of the molecule is O=C1C2CCCCN2C(=O)CCN1c1ccc(Cl)c(F)c1. The quantitative estimate of drug-likeness (QED) is 0.800. The van der Waals surface area contributed by atoms with Gasteiger partial charge in [0.25, 0.3) is 0 Å². The van der Waals surface area contributed by atoms with Crippen LogP contribution in [0.2, 0.25) is 5.02 Å². The van der Waals surface area contributed by atoms with Gasteiger partial charge in [-0.3, -0.25) is 9.59 Å². The molecule has 2 amide bonds. The van der Waals surface area contributed by atoms with E-state index in [9.17, 15) is 14.0 Å². The van der Waals surface area contributed by atoms with Crippen LogP contribution in [0.1, 0.15) is 25.7 Å². The molecule has 2 saturated heterocycles. The first-order valence-electron chi connectivity index (χ1n) is 7.14. The van der Waals surface area contributed by atoms with Crippen LogP contribution < -0.4 is 4.90 Å². The smallest absolute Gasteiger partial charge is 0.249 e. The molecule has 0 aliphatic carbocycles. The molecule has 1 aromatic carbocycles. The summed E-state index contributed by atoms with van der Waals surface area (Å²) in [6, 6.07) is 3.90. The Bertz CT molecular complexity index is 593. The molecule has 6 heteroatoms. The third kappa shape index (κ3) is 2.62. The molecule has 1 unspecified atom stereocenters. The molecule has 2 fully saturated rings. The van der Waals surface area contributed by atoms with Crippen molar-refractivity contribution < 1.29 is 14.0 Å². The van der Waals surface area contributed by atoms with Gasteiger partial charge in [-0.25, -0.2) is 4.39 Å². The van der Waals surface area contributed by atoms with Crippen LogP contribution in [0.3, 0.4) is 0 Å². The van der Waals surface area contributed by atoms with Crippen molar-refractivity contribution in [1.82, 2.24) is 4.90 Å². The maximum absolute atomic E-state index is 13.6. The van der Waals surface area contributed by atoms with E-state index in [2.05, 4.69) is 0 Å². The number of carbonyl (C=O) groups is 2. The lowest BCUT2D eigenvalue weighted by atomic mass is 10.0. The molecule has 4 nitrogen and oxygen atoms in total. The van der Waals surface area contributed by atoms with E-state index in [0.717, 1.165) is 12.8 Å². The lowest BCUT2D eigenvalue weighted by Crippen LogP contribution is -2.49. The monoisotopic (exact) mass is 310 g/mol. The summed E-state index contributed by atoms with van der Waals surface area (Å²) in [6.45, 7) is 0.920. The molecular formula is C15H16ClFN2O2. The molecule has 0 aromatic heterocycles. The van der Waals surface area contributed by atoms with Crippen molar-refractivity contribution in [2.45, 2.75) is 31.7 Å². The van der Waals surface area contributed by atoms with Gasteiger partial charge in [-0.05, 0) is 37.5 Å². The minimum atomic E-state index is -0.557. The van der Waals surface area contributed by atoms with Gasteiger partial charge >= 0.3 is 0 Å². The van der Waals surface area contributed by atoms with Crippen LogP contribution in [0.5, 0.6) is 0 Å². The molecule has 2 aliphatic rings. The maximum Gasteiger partial charge on any atom is 0.249 e. The zero-order chi connectivity index (χ0) is 15.0. The number of piperidine rings is 1. The first-order valence-corrected chi connectivity index (χ1v) is 7.51. The van der Waals surface area contributed by atoms with Gasteiger partial charge in [-0.1, -0.05) is 11.6 Å². The Morgan fingerprint density at radius 1 is 1.19 bits per heavy atom. The number of rotatable bonds is 1. The molecule has 2 aliphatic heterocycles. The number of amides is 2. The van der Waals surface area contributed by atoms with E-state index >= 15 is 0 Å². The van der Waals surface area contributed by atoms with E-state index in [1.165, 1.54) is 17.0 Å². The number of hydrogen-bond donors (Lipinski definition) is 0. The second kappa shape index (κ2) is 5.64. The molecule has 112 valence electrons. The van der Waals surface area contributed by atoms with Gasteiger partial charge in [-0.15, -0.1) is 0 Å². The molecule has 0 radical (unpaired) electrons. The molecule has 3 rings (SSSR count). The summed E-state index contributed by atoms with van der Waals surface area (Å²) in [5, 5.41) is 0.0244. The van der Waals surface area contributed by atoms with Crippen molar-refractivity contribution in [3.63, 3.8) is 0 Å². The Kier molecular flexibility index (Phi) is 3.85. The number of carbonyl (C=O) groups excluding carboxylic acids is 2. The zero-order valence-corrected chi connectivity index (χ0v) is 12.3. The van der Waals surface area contributed by atoms with E-state index in [-0.39, 0.29) is 29.8 Å². The van der Waals surface area contributed by atoms with Gasteiger partial charge < -0.3 is 9.80 Å². The number of fused-ring (bicyclic) bond motifs is 1. The maximum atomic E-state index is 13.6. The Balaban J connectivity index is 1.93. The third-order valence-corrected chi connectivity index (χ3v) is 4.44. The van der Waals surface area contributed by atoms with E-state index in [4.69, 9.17) is 11.6 Å². The van der Waals surface area contributed by atoms with Gasteiger partial charge in [0.05, 0.1) is 5.02 Å². The van der Waals surface area contributed by atoms with Crippen LogP contribution in [-0.2, 0) is 9.59 Å². The average Bonchev–Trinajstić information content (AvgIpc) is 2.61. The second-order valence-corrected chi connectivity index (χ2v) is 5.84. The fourth-order valence-corrected chi connectivity index (χ4v) is 3.15.